The van der Waals surface area contributed by atoms with Gasteiger partial charge in [0, 0.05) is 37.4 Å². The number of nitriles is 1. The molecule has 0 aliphatic carbocycles. The van der Waals surface area contributed by atoms with Gasteiger partial charge in [-0.1, -0.05) is 71.7 Å². The molecule has 0 saturated carbocycles. The highest BCUT2D eigenvalue weighted by atomic mass is 35.5. The molecule has 5 aromatic rings. The molecule has 0 unspecified atom stereocenters. The van der Waals surface area contributed by atoms with Gasteiger partial charge in [0.25, 0.3) is 17.7 Å². The van der Waals surface area contributed by atoms with Gasteiger partial charge in [0.1, 0.15) is 16.8 Å². The summed E-state index contributed by atoms with van der Waals surface area (Å²) in [5.41, 5.74) is 2.31. The van der Waals surface area contributed by atoms with Crippen molar-refractivity contribution in [1.82, 2.24) is 5.32 Å². The topological polar surface area (TPSA) is 140 Å². The van der Waals surface area contributed by atoms with Crippen LogP contribution in [0.25, 0.3) is 6.08 Å². The summed E-state index contributed by atoms with van der Waals surface area (Å²) in [5, 5.41) is 21.6. The molecule has 1 aromatic heterocycles. The van der Waals surface area contributed by atoms with Crippen molar-refractivity contribution in [3.63, 3.8) is 0 Å². The molecule has 0 saturated heterocycles. The number of rotatable bonds is 11. The van der Waals surface area contributed by atoms with Gasteiger partial charge >= 0.3 is 0 Å². The SMILES string of the molecule is Cc1c(C(=O)Nc2ccccc2)sc(NC(=O)CSc2cccc(NC(=O)/C(=C\c3c(Cl)cccc3Cl)NC(=O)c3ccccc3)c2)c1C#N. The lowest BCUT2D eigenvalue weighted by atomic mass is 10.1. The van der Waals surface area contributed by atoms with E-state index in [9.17, 15) is 24.4 Å². The number of para-hydroxylation sites is 1. The van der Waals surface area contributed by atoms with E-state index in [1.54, 1.807) is 104 Å². The molecular formula is C37H27Cl2N5O4S2. The van der Waals surface area contributed by atoms with E-state index in [4.69, 9.17) is 23.2 Å². The number of thioether (sulfide) groups is 1. The first kappa shape index (κ1) is 35.9. The van der Waals surface area contributed by atoms with Crippen LogP contribution in [0.4, 0.5) is 16.4 Å². The second-order valence-electron chi connectivity index (χ2n) is 10.5. The lowest BCUT2D eigenvalue weighted by Gasteiger charge is -2.13. The second-order valence-corrected chi connectivity index (χ2v) is 13.4. The van der Waals surface area contributed by atoms with Gasteiger partial charge in [0.05, 0.1) is 16.2 Å². The van der Waals surface area contributed by atoms with Crippen molar-refractivity contribution >= 4 is 92.4 Å². The fourth-order valence-electron chi connectivity index (χ4n) is 4.57. The van der Waals surface area contributed by atoms with Crippen molar-refractivity contribution in [2.24, 2.45) is 0 Å². The predicted molar refractivity (Wildman–Crippen MR) is 201 cm³/mol. The Hall–Kier alpha value is -5.38. The summed E-state index contributed by atoms with van der Waals surface area (Å²) in [7, 11) is 0. The Morgan fingerprint density at radius 3 is 2.12 bits per heavy atom. The summed E-state index contributed by atoms with van der Waals surface area (Å²) in [6, 6.07) is 31.2. The molecule has 4 N–H and O–H groups in total. The number of nitrogens with one attached hydrogen (secondary N) is 4. The van der Waals surface area contributed by atoms with Crippen molar-refractivity contribution in [2.45, 2.75) is 11.8 Å². The van der Waals surface area contributed by atoms with Crippen molar-refractivity contribution in [2.75, 3.05) is 21.7 Å². The summed E-state index contributed by atoms with van der Waals surface area (Å²) in [5.74, 6) is -1.92. The number of carbonyl (C=O) groups excluding carboxylic acids is 4. The standard InChI is InChI=1S/C37H27Cl2N5O4S2/c1-22-28(20-40)37(50-33(22)36(48)41-24-12-6-3-7-13-24)44-32(45)21-49-26-15-8-14-25(18-26)42-35(47)31(19-27-29(38)16-9-17-30(27)39)43-34(46)23-10-4-2-5-11-23/h2-19H,21H2,1H3,(H,41,48)(H,42,47)(H,43,46)(H,44,45)/b31-19+. The molecular weight excluding hydrogens is 713 g/mol. The highest BCUT2D eigenvalue weighted by Crippen LogP contribution is 2.34. The summed E-state index contributed by atoms with van der Waals surface area (Å²) in [4.78, 5) is 53.4. The average molecular weight is 741 g/mol. The predicted octanol–water partition coefficient (Wildman–Crippen LogP) is 8.63. The van der Waals surface area contributed by atoms with Crippen molar-refractivity contribution in [1.29, 1.82) is 5.26 Å². The fraction of sp³-hybridized carbons (Fsp3) is 0.0541. The van der Waals surface area contributed by atoms with E-state index < -0.39 is 11.8 Å². The summed E-state index contributed by atoms with van der Waals surface area (Å²) < 4.78 is 0. The molecule has 0 aliphatic rings. The Balaban J connectivity index is 1.26. The lowest BCUT2D eigenvalue weighted by molar-refractivity contribution is -0.114. The first-order valence-corrected chi connectivity index (χ1v) is 17.4. The zero-order valence-electron chi connectivity index (χ0n) is 26.3. The maximum Gasteiger partial charge on any atom is 0.272 e. The van der Waals surface area contributed by atoms with E-state index in [-0.39, 0.29) is 33.8 Å². The number of nitrogens with zero attached hydrogens (tertiary/aromatic N) is 1. The maximum atomic E-state index is 13.5. The van der Waals surface area contributed by atoms with Crippen LogP contribution in [0, 0.1) is 18.3 Å². The molecule has 0 radical (unpaired) electrons. The van der Waals surface area contributed by atoms with Gasteiger partial charge in [0.2, 0.25) is 5.91 Å². The molecule has 0 fully saturated rings. The van der Waals surface area contributed by atoms with E-state index in [1.165, 1.54) is 17.8 Å². The first-order valence-electron chi connectivity index (χ1n) is 14.9. The molecule has 4 aromatic carbocycles. The molecule has 50 heavy (non-hydrogen) atoms. The number of halogens is 2. The molecule has 250 valence electrons. The van der Waals surface area contributed by atoms with E-state index in [0.717, 1.165) is 11.3 Å². The molecule has 0 atom stereocenters. The molecule has 13 heteroatoms. The molecule has 4 amide bonds. The van der Waals surface area contributed by atoms with Crippen LogP contribution in [0.2, 0.25) is 10.0 Å². The molecule has 0 bridgehead atoms. The fourth-order valence-corrected chi connectivity index (χ4v) is 6.90. The molecule has 9 nitrogen and oxygen atoms in total. The molecule has 0 aliphatic heterocycles. The van der Waals surface area contributed by atoms with E-state index in [0.29, 0.717) is 47.9 Å². The Kier molecular flexibility index (Phi) is 12.1. The van der Waals surface area contributed by atoms with E-state index in [1.807, 2.05) is 6.07 Å². The van der Waals surface area contributed by atoms with Crippen molar-refractivity contribution in [3.8, 4) is 6.07 Å². The van der Waals surface area contributed by atoms with E-state index >= 15 is 0 Å². The Labute approximate surface area is 306 Å². The minimum Gasteiger partial charge on any atom is -0.321 e. The lowest BCUT2D eigenvalue weighted by Crippen LogP contribution is -2.30. The van der Waals surface area contributed by atoms with Crippen LogP contribution in [0.5, 0.6) is 0 Å². The second kappa shape index (κ2) is 16.8. The smallest absolute Gasteiger partial charge is 0.272 e. The van der Waals surface area contributed by atoms with Gasteiger partial charge in [-0.05, 0) is 73.2 Å². The number of thiophene rings is 1. The molecule has 0 spiro atoms. The highest BCUT2D eigenvalue weighted by Gasteiger charge is 2.22. The van der Waals surface area contributed by atoms with Crippen LogP contribution in [0.1, 0.15) is 36.7 Å². The van der Waals surface area contributed by atoms with Crippen molar-refractivity contribution in [3.05, 3.63) is 146 Å². The number of benzene rings is 4. The number of carbonyl (C=O) groups is 4. The van der Waals surface area contributed by atoms with Gasteiger partial charge < -0.3 is 21.3 Å². The Morgan fingerprint density at radius 2 is 1.44 bits per heavy atom. The van der Waals surface area contributed by atoms with Crippen LogP contribution >= 0.6 is 46.3 Å². The van der Waals surface area contributed by atoms with Crippen LogP contribution in [-0.4, -0.2) is 29.4 Å². The Morgan fingerprint density at radius 1 is 0.800 bits per heavy atom. The maximum absolute atomic E-state index is 13.5. The van der Waals surface area contributed by atoms with Gasteiger partial charge in [-0.2, -0.15) is 5.26 Å². The third kappa shape index (κ3) is 9.19. The third-order valence-electron chi connectivity index (χ3n) is 7.03. The van der Waals surface area contributed by atoms with Crippen LogP contribution in [0.3, 0.4) is 0 Å². The summed E-state index contributed by atoms with van der Waals surface area (Å²) in [6.45, 7) is 1.66. The quantitative estimate of drug-likeness (QED) is 0.0790. The summed E-state index contributed by atoms with van der Waals surface area (Å²) in [6.07, 6.45) is 1.41. The largest absolute Gasteiger partial charge is 0.321 e. The monoisotopic (exact) mass is 739 g/mol. The zero-order valence-corrected chi connectivity index (χ0v) is 29.4. The Bertz CT molecular complexity index is 2130. The van der Waals surface area contributed by atoms with Gasteiger partial charge in [-0.3, -0.25) is 19.2 Å². The normalized spacial score (nSPS) is 10.9. The average Bonchev–Trinajstić information content (AvgIpc) is 3.43. The molecule has 5 rings (SSSR count). The number of amides is 4. The number of anilines is 3. The molecule has 1 heterocycles. The van der Waals surface area contributed by atoms with Crippen LogP contribution in [-0.2, 0) is 9.59 Å². The van der Waals surface area contributed by atoms with E-state index in [2.05, 4.69) is 27.3 Å². The summed E-state index contributed by atoms with van der Waals surface area (Å²) >= 11 is 14.9. The minimum absolute atomic E-state index is 0.0198. The number of hydrogen-bond acceptors (Lipinski definition) is 7. The van der Waals surface area contributed by atoms with Crippen LogP contribution < -0.4 is 21.3 Å². The van der Waals surface area contributed by atoms with Crippen molar-refractivity contribution < 1.29 is 19.2 Å². The van der Waals surface area contributed by atoms with Gasteiger partial charge in [0.15, 0.2) is 0 Å². The zero-order chi connectivity index (χ0) is 35.6. The van der Waals surface area contributed by atoms with Crippen LogP contribution in [0.15, 0.2) is 114 Å². The number of hydrogen-bond donors (Lipinski definition) is 4. The van der Waals surface area contributed by atoms with Gasteiger partial charge in [-0.15, -0.1) is 23.1 Å². The highest BCUT2D eigenvalue weighted by molar-refractivity contribution is 8.00. The van der Waals surface area contributed by atoms with Gasteiger partial charge in [-0.25, -0.2) is 0 Å². The first-order chi connectivity index (χ1) is 24.1. The third-order valence-corrected chi connectivity index (χ3v) is 9.89. The minimum atomic E-state index is -0.630.